The standard InChI is InChI=1S/C36H23NO/c1-3-13-28-24(9-1)11-7-16-33(28)37(34-17-8-12-25-10-2-4-14-29(25)34)27-21-19-26-20-22-31-30-15-5-6-18-35(30)38-36(31)32(26)23-27/h1-23H. The average molecular weight is 486 g/mol. The highest BCUT2D eigenvalue weighted by atomic mass is 16.3. The van der Waals surface area contributed by atoms with Crippen molar-refractivity contribution in [2.75, 3.05) is 4.90 Å². The number of benzene rings is 7. The molecule has 0 spiro atoms. The van der Waals surface area contributed by atoms with Gasteiger partial charge >= 0.3 is 0 Å². The lowest BCUT2D eigenvalue weighted by Gasteiger charge is -2.28. The predicted octanol–water partition coefficient (Wildman–Crippen LogP) is 10.5. The van der Waals surface area contributed by atoms with Gasteiger partial charge in [-0.15, -0.1) is 0 Å². The van der Waals surface area contributed by atoms with Gasteiger partial charge in [-0.25, -0.2) is 0 Å². The Morgan fingerprint density at radius 1 is 0.395 bits per heavy atom. The number of furan rings is 1. The molecule has 0 saturated carbocycles. The van der Waals surface area contributed by atoms with Crippen LogP contribution in [0.5, 0.6) is 0 Å². The summed E-state index contributed by atoms with van der Waals surface area (Å²) in [5.41, 5.74) is 5.24. The number of hydrogen-bond donors (Lipinski definition) is 0. The van der Waals surface area contributed by atoms with Crippen molar-refractivity contribution in [2.45, 2.75) is 0 Å². The Morgan fingerprint density at radius 3 is 1.66 bits per heavy atom. The fourth-order valence-electron chi connectivity index (χ4n) is 5.84. The molecule has 0 bridgehead atoms. The van der Waals surface area contributed by atoms with Crippen LogP contribution in [0.1, 0.15) is 0 Å². The third-order valence-corrected chi connectivity index (χ3v) is 7.62. The molecule has 0 atom stereocenters. The molecule has 0 unspecified atom stereocenters. The van der Waals surface area contributed by atoms with Crippen LogP contribution in [-0.4, -0.2) is 0 Å². The van der Waals surface area contributed by atoms with Gasteiger partial charge in [0.2, 0.25) is 0 Å². The van der Waals surface area contributed by atoms with E-state index in [1.807, 2.05) is 12.1 Å². The molecule has 178 valence electrons. The van der Waals surface area contributed by atoms with Crippen LogP contribution in [0.3, 0.4) is 0 Å². The first kappa shape index (κ1) is 21.0. The normalized spacial score (nSPS) is 11.7. The number of rotatable bonds is 3. The van der Waals surface area contributed by atoms with Crippen LogP contribution in [0.15, 0.2) is 144 Å². The summed E-state index contributed by atoms with van der Waals surface area (Å²) in [4.78, 5) is 2.39. The van der Waals surface area contributed by atoms with Gasteiger partial charge in [-0.2, -0.15) is 0 Å². The summed E-state index contributed by atoms with van der Waals surface area (Å²) in [6.45, 7) is 0. The van der Waals surface area contributed by atoms with E-state index in [-0.39, 0.29) is 0 Å². The number of nitrogens with zero attached hydrogens (tertiary/aromatic N) is 1. The SMILES string of the molecule is c1ccc2c(N(c3ccc4ccc5c6ccccc6oc5c4c3)c3cccc4ccccc34)cccc2c1. The Morgan fingerprint density at radius 2 is 0.947 bits per heavy atom. The lowest BCUT2D eigenvalue weighted by molar-refractivity contribution is 0.672. The monoisotopic (exact) mass is 485 g/mol. The number of para-hydroxylation sites is 1. The molecule has 0 aliphatic heterocycles. The van der Waals surface area contributed by atoms with Gasteiger partial charge < -0.3 is 9.32 Å². The van der Waals surface area contributed by atoms with Crippen molar-refractivity contribution in [3.63, 3.8) is 0 Å². The fourth-order valence-corrected chi connectivity index (χ4v) is 5.84. The van der Waals surface area contributed by atoms with Crippen LogP contribution in [0.25, 0.3) is 54.3 Å². The summed E-state index contributed by atoms with van der Waals surface area (Å²) >= 11 is 0. The fraction of sp³-hybridized carbons (Fsp3) is 0. The molecule has 0 aliphatic carbocycles. The van der Waals surface area contributed by atoms with Crippen LogP contribution >= 0.6 is 0 Å². The topological polar surface area (TPSA) is 16.4 Å². The zero-order chi connectivity index (χ0) is 25.1. The van der Waals surface area contributed by atoms with E-state index in [1.165, 1.54) is 21.5 Å². The Balaban J connectivity index is 1.46. The van der Waals surface area contributed by atoms with E-state index in [2.05, 4.69) is 132 Å². The van der Waals surface area contributed by atoms with Gasteiger partial charge in [0.15, 0.2) is 0 Å². The first-order valence-corrected chi connectivity index (χ1v) is 12.9. The molecule has 8 rings (SSSR count). The van der Waals surface area contributed by atoms with Crippen molar-refractivity contribution in [1.29, 1.82) is 0 Å². The maximum atomic E-state index is 6.43. The quantitative estimate of drug-likeness (QED) is 0.247. The summed E-state index contributed by atoms with van der Waals surface area (Å²) in [6.07, 6.45) is 0. The molecule has 1 aromatic heterocycles. The van der Waals surface area contributed by atoms with Gasteiger partial charge in [-0.05, 0) is 52.6 Å². The minimum absolute atomic E-state index is 0.917. The molecule has 0 saturated heterocycles. The maximum Gasteiger partial charge on any atom is 0.143 e. The molecule has 0 fully saturated rings. The third kappa shape index (κ3) is 3.14. The summed E-state index contributed by atoms with van der Waals surface area (Å²) in [5.74, 6) is 0. The van der Waals surface area contributed by atoms with Gasteiger partial charge in [-0.3, -0.25) is 0 Å². The first-order chi connectivity index (χ1) is 18.8. The molecule has 2 nitrogen and oxygen atoms in total. The summed E-state index contributed by atoms with van der Waals surface area (Å²) < 4.78 is 6.43. The average Bonchev–Trinajstić information content (AvgIpc) is 3.37. The lowest BCUT2D eigenvalue weighted by atomic mass is 10.0. The minimum atomic E-state index is 0.917. The second kappa shape index (κ2) is 8.22. The summed E-state index contributed by atoms with van der Waals surface area (Å²) in [5, 5.41) is 9.43. The molecular formula is C36H23NO. The van der Waals surface area contributed by atoms with E-state index in [4.69, 9.17) is 4.42 Å². The zero-order valence-corrected chi connectivity index (χ0v) is 20.6. The Hall–Kier alpha value is -5.08. The second-order valence-electron chi connectivity index (χ2n) is 9.78. The van der Waals surface area contributed by atoms with E-state index in [1.54, 1.807) is 0 Å². The van der Waals surface area contributed by atoms with Crippen LogP contribution < -0.4 is 4.90 Å². The highest BCUT2D eigenvalue weighted by Crippen LogP contribution is 2.44. The van der Waals surface area contributed by atoms with Crippen molar-refractivity contribution in [1.82, 2.24) is 0 Å². The maximum absolute atomic E-state index is 6.43. The molecule has 0 amide bonds. The molecule has 38 heavy (non-hydrogen) atoms. The van der Waals surface area contributed by atoms with Gasteiger partial charge in [0.25, 0.3) is 0 Å². The van der Waals surface area contributed by atoms with Crippen LogP contribution in [0, 0.1) is 0 Å². The molecule has 0 aliphatic rings. The predicted molar refractivity (Wildman–Crippen MR) is 161 cm³/mol. The van der Waals surface area contributed by atoms with Crippen molar-refractivity contribution in [3.8, 4) is 0 Å². The van der Waals surface area contributed by atoms with Crippen LogP contribution in [-0.2, 0) is 0 Å². The molecule has 0 radical (unpaired) electrons. The van der Waals surface area contributed by atoms with Gasteiger partial charge in [0, 0.05) is 32.6 Å². The highest BCUT2D eigenvalue weighted by molar-refractivity contribution is 6.16. The summed E-state index contributed by atoms with van der Waals surface area (Å²) in [7, 11) is 0. The molecule has 8 aromatic rings. The first-order valence-electron chi connectivity index (χ1n) is 12.9. The largest absolute Gasteiger partial charge is 0.455 e. The van der Waals surface area contributed by atoms with Crippen LogP contribution in [0.2, 0.25) is 0 Å². The van der Waals surface area contributed by atoms with Crippen molar-refractivity contribution in [3.05, 3.63) is 140 Å². The van der Waals surface area contributed by atoms with Gasteiger partial charge in [0.05, 0.1) is 11.4 Å². The summed E-state index contributed by atoms with van der Waals surface area (Å²) in [6, 6.07) is 49.7. The Labute approximate surface area is 220 Å². The molecule has 7 aromatic carbocycles. The second-order valence-corrected chi connectivity index (χ2v) is 9.78. The number of fused-ring (bicyclic) bond motifs is 7. The van der Waals surface area contributed by atoms with Crippen LogP contribution in [0.4, 0.5) is 17.1 Å². The molecule has 2 heteroatoms. The van der Waals surface area contributed by atoms with E-state index in [0.717, 1.165) is 49.8 Å². The van der Waals surface area contributed by atoms with E-state index in [0.29, 0.717) is 0 Å². The van der Waals surface area contributed by atoms with E-state index < -0.39 is 0 Å². The number of hydrogen-bond acceptors (Lipinski definition) is 2. The van der Waals surface area contributed by atoms with Crippen molar-refractivity contribution < 1.29 is 4.42 Å². The Kier molecular flexibility index (Phi) is 4.55. The Bertz CT molecular complexity index is 2060. The van der Waals surface area contributed by atoms with Crippen molar-refractivity contribution in [2.24, 2.45) is 0 Å². The number of anilines is 3. The third-order valence-electron chi connectivity index (χ3n) is 7.62. The van der Waals surface area contributed by atoms with E-state index >= 15 is 0 Å². The molecule has 1 heterocycles. The molecular weight excluding hydrogens is 462 g/mol. The van der Waals surface area contributed by atoms with Crippen molar-refractivity contribution >= 4 is 71.3 Å². The van der Waals surface area contributed by atoms with E-state index in [9.17, 15) is 0 Å². The highest BCUT2D eigenvalue weighted by Gasteiger charge is 2.19. The minimum Gasteiger partial charge on any atom is -0.455 e. The van der Waals surface area contributed by atoms with Gasteiger partial charge in [0.1, 0.15) is 11.2 Å². The van der Waals surface area contributed by atoms with Gasteiger partial charge in [-0.1, -0.05) is 103 Å². The smallest absolute Gasteiger partial charge is 0.143 e. The zero-order valence-electron chi connectivity index (χ0n) is 20.6. The molecule has 0 N–H and O–H groups in total. The lowest BCUT2D eigenvalue weighted by Crippen LogP contribution is -2.11.